The summed E-state index contributed by atoms with van der Waals surface area (Å²) in [7, 11) is 0. The van der Waals surface area contributed by atoms with Gasteiger partial charge in [-0.2, -0.15) is 0 Å². The SMILES string of the molecule is CC(=O)OC(C1CC(C)C2=C(O1)C(F)C1(C)C3CCC4C(C)(C)C(OC5OCC(O)C(O)C5O)CCC45CC35CCC21C)C(C)(C)O. The van der Waals surface area contributed by atoms with E-state index in [0.29, 0.717) is 18.1 Å². The first kappa shape index (κ1) is 34.2. The Balaban J connectivity index is 1.15. The Morgan fingerprint density at radius 1 is 1.00 bits per heavy atom. The molecule has 7 aliphatic rings. The maximum Gasteiger partial charge on any atom is 0.303 e. The zero-order valence-corrected chi connectivity index (χ0v) is 29.4. The zero-order chi connectivity index (χ0) is 34.3. The highest BCUT2D eigenvalue weighted by molar-refractivity contribution is 5.66. The minimum Gasteiger partial charge on any atom is -0.488 e. The van der Waals surface area contributed by atoms with E-state index < -0.39 is 60.0 Å². The molecule has 2 spiro atoms. The van der Waals surface area contributed by atoms with Crippen molar-refractivity contribution in [2.24, 2.45) is 44.8 Å². The maximum absolute atomic E-state index is 17.5. The van der Waals surface area contributed by atoms with Crippen molar-refractivity contribution in [2.45, 2.75) is 161 Å². The van der Waals surface area contributed by atoms with Crippen molar-refractivity contribution in [2.75, 3.05) is 6.61 Å². The third kappa shape index (κ3) is 4.43. The first-order chi connectivity index (χ1) is 21.8. The Labute approximate surface area is 278 Å². The monoisotopic (exact) mass is 664 g/mol. The lowest BCUT2D eigenvalue weighted by atomic mass is 9.41. The molecule has 5 fully saturated rings. The molecule has 2 heterocycles. The van der Waals surface area contributed by atoms with Crippen LogP contribution >= 0.6 is 0 Å². The van der Waals surface area contributed by atoms with Crippen molar-refractivity contribution in [3.63, 3.8) is 0 Å². The molecular weight excluding hydrogens is 607 g/mol. The van der Waals surface area contributed by atoms with E-state index >= 15 is 4.39 Å². The Morgan fingerprint density at radius 2 is 1.66 bits per heavy atom. The van der Waals surface area contributed by atoms with E-state index in [9.17, 15) is 25.2 Å². The lowest BCUT2D eigenvalue weighted by Gasteiger charge is -2.63. The van der Waals surface area contributed by atoms with E-state index in [2.05, 4.69) is 34.6 Å². The Morgan fingerprint density at radius 3 is 2.32 bits per heavy atom. The summed E-state index contributed by atoms with van der Waals surface area (Å²) >= 11 is 0. The molecule has 0 aromatic rings. The molecule has 0 amide bonds. The van der Waals surface area contributed by atoms with Gasteiger partial charge in [0.1, 0.15) is 30.2 Å². The van der Waals surface area contributed by atoms with Gasteiger partial charge in [-0.05, 0) is 105 Å². The van der Waals surface area contributed by atoms with Crippen molar-refractivity contribution in [1.82, 2.24) is 0 Å². The molecule has 4 saturated carbocycles. The quantitative estimate of drug-likeness (QED) is 0.246. The molecule has 47 heavy (non-hydrogen) atoms. The topological polar surface area (TPSA) is 135 Å². The molecule has 2 aliphatic heterocycles. The van der Waals surface area contributed by atoms with Crippen molar-refractivity contribution in [3.05, 3.63) is 11.3 Å². The number of rotatable bonds is 5. The second-order valence-corrected chi connectivity index (χ2v) is 18.1. The van der Waals surface area contributed by atoms with Crippen molar-refractivity contribution < 1.29 is 48.6 Å². The molecule has 9 nitrogen and oxygen atoms in total. The standard InChI is InChI=1S/C37H57FO9/c1-18-15-21(30(33(5,6)43)45-19(2)39)46-28-25(18)34(7)13-14-37-17-36(37)12-11-24(47-31-27(42)26(41)20(40)16-44-31)32(3,4)22(36)9-10-23(37)35(34,8)29(28)38/h18,20-24,26-27,29-31,40-43H,9-17H2,1-8H3. The van der Waals surface area contributed by atoms with E-state index in [-0.39, 0.29) is 46.2 Å². The lowest BCUT2D eigenvalue weighted by Crippen LogP contribution is -2.60. The van der Waals surface area contributed by atoms with Crippen LogP contribution in [0.4, 0.5) is 4.39 Å². The Bertz CT molecular complexity index is 1330. The van der Waals surface area contributed by atoms with Crippen molar-refractivity contribution in [3.8, 4) is 0 Å². The summed E-state index contributed by atoms with van der Waals surface area (Å²) in [4.78, 5) is 12.0. The minimum atomic E-state index is -1.35. The number of hydrogen-bond donors (Lipinski definition) is 4. The average molecular weight is 665 g/mol. The van der Waals surface area contributed by atoms with Crippen LogP contribution < -0.4 is 0 Å². The second kappa shape index (κ2) is 10.6. The predicted molar refractivity (Wildman–Crippen MR) is 169 cm³/mol. The maximum atomic E-state index is 17.5. The van der Waals surface area contributed by atoms with Gasteiger partial charge >= 0.3 is 5.97 Å². The van der Waals surface area contributed by atoms with Crippen LogP contribution in [0, 0.1) is 44.8 Å². The minimum absolute atomic E-state index is 0.0243. The van der Waals surface area contributed by atoms with Crippen LogP contribution in [0.15, 0.2) is 11.3 Å². The summed E-state index contributed by atoms with van der Waals surface area (Å²) in [6, 6.07) is 0. The summed E-state index contributed by atoms with van der Waals surface area (Å²) in [6.07, 6.45) is -0.540. The normalized spacial score (nSPS) is 52.2. The van der Waals surface area contributed by atoms with Crippen LogP contribution in [-0.2, 0) is 23.7 Å². The van der Waals surface area contributed by atoms with Crippen molar-refractivity contribution >= 4 is 5.97 Å². The average Bonchev–Trinajstić information content (AvgIpc) is 3.61. The highest BCUT2D eigenvalue weighted by Crippen LogP contribution is 2.89. The predicted octanol–water partition coefficient (Wildman–Crippen LogP) is 4.57. The fourth-order valence-electron chi connectivity index (χ4n) is 12.9. The van der Waals surface area contributed by atoms with Crippen LogP contribution in [0.25, 0.3) is 0 Å². The highest BCUT2D eigenvalue weighted by atomic mass is 19.1. The molecule has 266 valence electrons. The summed E-state index contributed by atoms with van der Waals surface area (Å²) in [6.45, 7) is 15.6. The number of ether oxygens (including phenoxy) is 4. The van der Waals surface area contributed by atoms with Gasteiger partial charge in [-0.25, -0.2) is 4.39 Å². The van der Waals surface area contributed by atoms with Gasteiger partial charge in [0.2, 0.25) is 0 Å². The van der Waals surface area contributed by atoms with Crippen LogP contribution in [0.1, 0.15) is 107 Å². The number of carbonyl (C=O) groups is 1. The molecule has 5 aliphatic carbocycles. The van der Waals surface area contributed by atoms with E-state index in [0.717, 1.165) is 50.5 Å². The van der Waals surface area contributed by atoms with Gasteiger partial charge in [0.15, 0.2) is 18.6 Å². The second-order valence-electron chi connectivity index (χ2n) is 18.1. The third-order valence-electron chi connectivity index (χ3n) is 15.2. The number of alkyl halides is 1. The van der Waals surface area contributed by atoms with Crippen LogP contribution in [0.5, 0.6) is 0 Å². The van der Waals surface area contributed by atoms with Gasteiger partial charge in [0.25, 0.3) is 0 Å². The van der Waals surface area contributed by atoms with Crippen LogP contribution in [0.3, 0.4) is 0 Å². The summed E-state index contributed by atoms with van der Waals surface area (Å²) < 4.78 is 41.7. The molecule has 0 bridgehead atoms. The number of halogens is 1. The van der Waals surface area contributed by atoms with E-state index in [4.69, 9.17) is 18.9 Å². The van der Waals surface area contributed by atoms with Crippen LogP contribution in [-0.4, -0.2) is 87.7 Å². The van der Waals surface area contributed by atoms with E-state index in [1.54, 1.807) is 13.8 Å². The Kier molecular flexibility index (Phi) is 7.71. The largest absolute Gasteiger partial charge is 0.488 e. The van der Waals surface area contributed by atoms with Crippen molar-refractivity contribution in [1.29, 1.82) is 0 Å². The van der Waals surface area contributed by atoms with Gasteiger partial charge in [-0.15, -0.1) is 0 Å². The van der Waals surface area contributed by atoms with Gasteiger partial charge in [-0.1, -0.05) is 34.6 Å². The summed E-state index contributed by atoms with van der Waals surface area (Å²) in [5, 5.41) is 41.7. The number of allylic oxidation sites excluding steroid dienone is 2. The molecule has 15 unspecified atom stereocenters. The number of esters is 1. The lowest BCUT2D eigenvalue weighted by molar-refractivity contribution is -0.302. The molecule has 4 N–H and O–H groups in total. The molecule has 0 aromatic heterocycles. The van der Waals surface area contributed by atoms with Crippen LogP contribution in [0.2, 0.25) is 0 Å². The fraction of sp³-hybridized carbons (Fsp3) is 0.919. The van der Waals surface area contributed by atoms with Gasteiger partial charge in [0.05, 0.1) is 18.3 Å². The molecule has 10 heteroatoms. The smallest absolute Gasteiger partial charge is 0.303 e. The Hall–Kier alpha value is -1.30. The van der Waals surface area contributed by atoms with E-state index in [1.807, 2.05) is 0 Å². The van der Waals surface area contributed by atoms with Gasteiger partial charge in [0, 0.05) is 17.8 Å². The molecule has 15 atom stereocenters. The highest BCUT2D eigenvalue weighted by Gasteiger charge is 2.84. The number of aliphatic hydroxyl groups excluding tert-OH is 3. The molecular formula is C37H57FO9. The fourth-order valence-corrected chi connectivity index (χ4v) is 12.9. The molecule has 1 saturated heterocycles. The first-order valence-corrected chi connectivity index (χ1v) is 18.0. The third-order valence-corrected chi connectivity index (χ3v) is 15.2. The number of carbonyl (C=O) groups excluding carboxylic acids is 1. The molecule has 0 aromatic carbocycles. The number of aliphatic hydroxyl groups is 4. The van der Waals surface area contributed by atoms with Gasteiger partial charge < -0.3 is 39.4 Å². The number of fused-ring (bicyclic) bond motifs is 3. The zero-order valence-electron chi connectivity index (χ0n) is 29.4. The number of hydrogen-bond acceptors (Lipinski definition) is 9. The summed E-state index contributed by atoms with van der Waals surface area (Å²) in [5.41, 5.74) is -1.35. The van der Waals surface area contributed by atoms with Gasteiger partial charge in [-0.3, -0.25) is 4.79 Å². The molecule has 7 rings (SSSR count). The van der Waals surface area contributed by atoms with E-state index in [1.165, 1.54) is 6.92 Å². The first-order valence-electron chi connectivity index (χ1n) is 18.0. The summed E-state index contributed by atoms with van der Waals surface area (Å²) in [5.74, 6) is 0.503. The molecule has 0 radical (unpaired) electrons.